The van der Waals surface area contributed by atoms with E-state index in [0.29, 0.717) is 6.04 Å². The van der Waals surface area contributed by atoms with Gasteiger partial charge in [-0.25, -0.2) is 4.98 Å². The molecule has 0 radical (unpaired) electrons. The average molecular weight is 272 g/mol. The van der Waals surface area contributed by atoms with E-state index in [-0.39, 0.29) is 6.04 Å². The number of aromatic nitrogens is 1. The Balaban J connectivity index is 1.95. The Morgan fingerprint density at radius 1 is 1.21 bits per heavy atom. The topological polar surface area (TPSA) is 24.9 Å². The molecule has 3 rings (SSSR count). The van der Waals surface area contributed by atoms with Crippen LogP contribution in [0.5, 0.6) is 0 Å². The van der Waals surface area contributed by atoms with Gasteiger partial charge >= 0.3 is 0 Å². The minimum atomic E-state index is 0.255. The SMILES string of the molecule is Cc1csc(C(NC2CC2)c2ccc(C)c(C)c2)n1. The van der Waals surface area contributed by atoms with Gasteiger partial charge in [0, 0.05) is 17.1 Å². The second-order valence-corrected chi connectivity index (χ2v) is 6.43. The molecule has 0 spiro atoms. The van der Waals surface area contributed by atoms with Crippen LogP contribution in [0.15, 0.2) is 23.6 Å². The Morgan fingerprint density at radius 2 is 2.00 bits per heavy atom. The van der Waals surface area contributed by atoms with Crippen molar-refractivity contribution in [3.8, 4) is 0 Å². The predicted octanol–water partition coefficient (Wildman–Crippen LogP) is 3.91. The molecule has 1 aromatic carbocycles. The molecule has 3 heteroatoms. The summed E-state index contributed by atoms with van der Waals surface area (Å²) in [5.74, 6) is 0. The quantitative estimate of drug-likeness (QED) is 0.912. The number of nitrogens with one attached hydrogen (secondary N) is 1. The fourth-order valence-corrected chi connectivity index (χ4v) is 3.13. The number of rotatable bonds is 4. The van der Waals surface area contributed by atoms with Gasteiger partial charge in [0.1, 0.15) is 5.01 Å². The highest BCUT2D eigenvalue weighted by atomic mass is 32.1. The van der Waals surface area contributed by atoms with E-state index in [1.54, 1.807) is 11.3 Å². The van der Waals surface area contributed by atoms with Crippen LogP contribution in [0.4, 0.5) is 0 Å². The van der Waals surface area contributed by atoms with E-state index in [1.165, 1.54) is 34.5 Å². The first-order chi connectivity index (χ1) is 9.13. The first-order valence-corrected chi connectivity index (χ1v) is 7.76. The van der Waals surface area contributed by atoms with Gasteiger partial charge in [-0.1, -0.05) is 18.2 Å². The van der Waals surface area contributed by atoms with Crippen molar-refractivity contribution in [1.29, 1.82) is 0 Å². The van der Waals surface area contributed by atoms with Crippen molar-refractivity contribution in [2.24, 2.45) is 0 Å². The van der Waals surface area contributed by atoms with Crippen LogP contribution in [0.2, 0.25) is 0 Å². The molecule has 1 fully saturated rings. The maximum Gasteiger partial charge on any atom is 0.114 e. The highest BCUT2D eigenvalue weighted by molar-refractivity contribution is 7.09. The van der Waals surface area contributed by atoms with E-state index in [9.17, 15) is 0 Å². The van der Waals surface area contributed by atoms with E-state index >= 15 is 0 Å². The Morgan fingerprint density at radius 3 is 2.58 bits per heavy atom. The van der Waals surface area contributed by atoms with E-state index in [0.717, 1.165) is 5.69 Å². The van der Waals surface area contributed by atoms with Gasteiger partial charge in [0.15, 0.2) is 0 Å². The summed E-state index contributed by atoms with van der Waals surface area (Å²) in [6, 6.07) is 7.68. The van der Waals surface area contributed by atoms with Gasteiger partial charge in [0.25, 0.3) is 0 Å². The molecule has 1 unspecified atom stereocenters. The van der Waals surface area contributed by atoms with E-state index < -0.39 is 0 Å². The van der Waals surface area contributed by atoms with E-state index in [1.807, 2.05) is 0 Å². The third-order valence-corrected chi connectivity index (χ3v) is 4.76. The van der Waals surface area contributed by atoms with Gasteiger partial charge in [-0.15, -0.1) is 11.3 Å². The predicted molar refractivity (Wildman–Crippen MR) is 80.8 cm³/mol. The van der Waals surface area contributed by atoms with Crippen molar-refractivity contribution >= 4 is 11.3 Å². The number of hydrogen-bond donors (Lipinski definition) is 1. The Kier molecular flexibility index (Phi) is 3.42. The van der Waals surface area contributed by atoms with Gasteiger partial charge in [-0.05, 0) is 50.3 Å². The molecular weight excluding hydrogens is 252 g/mol. The zero-order valence-corrected chi connectivity index (χ0v) is 12.6. The molecule has 1 aromatic heterocycles. The Hall–Kier alpha value is -1.19. The Bertz CT molecular complexity index is 584. The van der Waals surface area contributed by atoms with Crippen molar-refractivity contribution in [3.05, 3.63) is 51.0 Å². The summed E-state index contributed by atoms with van der Waals surface area (Å²) < 4.78 is 0. The molecule has 0 saturated heterocycles. The van der Waals surface area contributed by atoms with Crippen LogP contribution in [0, 0.1) is 20.8 Å². The molecule has 100 valence electrons. The van der Waals surface area contributed by atoms with Crippen LogP contribution < -0.4 is 5.32 Å². The molecule has 0 aliphatic heterocycles. The van der Waals surface area contributed by atoms with Crippen LogP contribution in [0.1, 0.15) is 46.3 Å². The molecule has 1 aliphatic carbocycles. The van der Waals surface area contributed by atoms with Gasteiger partial charge in [-0.3, -0.25) is 0 Å². The standard InChI is InChI=1S/C16H20N2S/c1-10-4-5-13(8-11(10)2)15(18-14-6-7-14)16-17-12(3)9-19-16/h4-5,8-9,14-15,18H,6-7H2,1-3H3. The lowest BCUT2D eigenvalue weighted by molar-refractivity contribution is 0.597. The highest BCUT2D eigenvalue weighted by Gasteiger charge is 2.27. The summed E-state index contributed by atoms with van der Waals surface area (Å²) in [6.07, 6.45) is 2.59. The van der Waals surface area contributed by atoms with Crippen LogP contribution in [0.3, 0.4) is 0 Å². The zero-order valence-electron chi connectivity index (χ0n) is 11.7. The Labute approximate surface area is 118 Å². The average Bonchev–Trinajstić information content (AvgIpc) is 3.11. The molecule has 0 amide bonds. The smallest absolute Gasteiger partial charge is 0.114 e. The number of thiazole rings is 1. The monoisotopic (exact) mass is 272 g/mol. The molecule has 1 aliphatic rings. The van der Waals surface area contributed by atoms with Crippen LogP contribution >= 0.6 is 11.3 Å². The van der Waals surface area contributed by atoms with Crippen LogP contribution in [-0.4, -0.2) is 11.0 Å². The van der Waals surface area contributed by atoms with Crippen molar-refractivity contribution < 1.29 is 0 Å². The number of benzene rings is 1. The fraction of sp³-hybridized carbons (Fsp3) is 0.438. The van der Waals surface area contributed by atoms with Crippen molar-refractivity contribution in [3.63, 3.8) is 0 Å². The van der Waals surface area contributed by atoms with Gasteiger partial charge in [0.2, 0.25) is 0 Å². The third kappa shape index (κ3) is 2.88. The molecule has 2 aromatic rings. The van der Waals surface area contributed by atoms with Gasteiger partial charge in [-0.2, -0.15) is 0 Å². The van der Waals surface area contributed by atoms with Crippen LogP contribution in [0.25, 0.3) is 0 Å². The molecule has 2 nitrogen and oxygen atoms in total. The zero-order chi connectivity index (χ0) is 13.4. The molecule has 19 heavy (non-hydrogen) atoms. The normalized spacial score (nSPS) is 16.6. The lowest BCUT2D eigenvalue weighted by atomic mass is 10.0. The van der Waals surface area contributed by atoms with Crippen LogP contribution in [-0.2, 0) is 0 Å². The number of aryl methyl sites for hydroxylation is 3. The fourth-order valence-electron chi connectivity index (χ4n) is 2.24. The summed E-state index contributed by atoms with van der Waals surface area (Å²) in [5.41, 5.74) is 5.16. The summed E-state index contributed by atoms with van der Waals surface area (Å²) in [4.78, 5) is 4.68. The number of nitrogens with zero attached hydrogens (tertiary/aromatic N) is 1. The molecule has 1 atom stereocenters. The molecule has 0 bridgehead atoms. The molecule has 1 heterocycles. The van der Waals surface area contributed by atoms with Crippen molar-refractivity contribution in [2.45, 2.75) is 45.7 Å². The highest BCUT2D eigenvalue weighted by Crippen LogP contribution is 2.31. The first kappa shape index (κ1) is 12.8. The van der Waals surface area contributed by atoms with Gasteiger partial charge in [0.05, 0.1) is 6.04 Å². The van der Waals surface area contributed by atoms with E-state index in [2.05, 4.69) is 54.7 Å². The summed E-state index contributed by atoms with van der Waals surface area (Å²) in [5, 5.41) is 7.06. The second-order valence-electron chi connectivity index (χ2n) is 5.54. The second kappa shape index (κ2) is 5.06. The maximum atomic E-state index is 4.68. The molecular formula is C16H20N2S. The third-order valence-electron chi connectivity index (χ3n) is 3.73. The minimum absolute atomic E-state index is 0.255. The van der Waals surface area contributed by atoms with Gasteiger partial charge < -0.3 is 5.32 Å². The summed E-state index contributed by atoms with van der Waals surface area (Å²) >= 11 is 1.76. The first-order valence-electron chi connectivity index (χ1n) is 6.88. The van der Waals surface area contributed by atoms with Crippen molar-refractivity contribution in [1.82, 2.24) is 10.3 Å². The summed E-state index contributed by atoms with van der Waals surface area (Å²) in [7, 11) is 0. The lowest BCUT2D eigenvalue weighted by Crippen LogP contribution is -2.24. The van der Waals surface area contributed by atoms with Crippen molar-refractivity contribution in [2.75, 3.05) is 0 Å². The molecule has 1 saturated carbocycles. The summed E-state index contributed by atoms with van der Waals surface area (Å²) in [6.45, 7) is 6.41. The molecule has 1 N–H and O–H groups in total. The maximum absolute atomic E-state index is 4.68. The number of hydrogen-bond acceptors (Lipinski definition) is 3. The minimum Gasteiger partial charge on any atom is -0.301 e. The largest absolute Gasteiger partial charge is 0.301 e. The van der Waals surface area contributed by atoms with E-state index in [4.69, 9.17) is 0 Å². The lowest BCUT2D eigenvalue weighted by Gasteiger charge is -2.18.